The second kappa shape index (κ2) is 5.73. The number of amides is 1. The first-order chi connectivity index (χ1) is 8.74. The molecule has 1 saturated heterocycles. The van der Waals surface area contributed by atoms with Gasteiger partial charge in [-0.3, -0.25) is 4.79 Å². The predicted molar refractivity (Wildman–Crippen MR) is 68.7 cm³/mol. The Morgan fingerprint density at radius 2 is 2.22 bits per heavy atom. The number of rotatable bonds is 2. The highest BCUT2D eigenvalue weighted by Crippen LogP contribution is 2.26. The highest BCUT2D eigenvalue weighted by molar-refractivity contribution is 6.01. The summed E-state index contributed by atoms with van der Waals surface area (Å²) in [7, 11) is 1.54. The smallest absolute Gasteiger partial charge is 0.259 e. The Morgan fingerprint density at radius 3 is 3.00 bits per heavy atom. The minimum atomic E-state index is -0.0875. The van der Waals surface area contributed by atoms with E-state index in [9.17, 15) is 4.79 Å². The lowest BCUT2D eigenvalue weighted by Gasteiger charge is -2.21. The van der Waals surface area contributed by atoms with Crippen molar-refractivity contribution in [3.05, 3.63) is 23.8 Å². The molecule has 1 aliphatic rings. The molecule has 2 N–H and O–H groups in total. The molecule has 1 aromatic carbocycles. The van der Waals surface area contributed by atoms with Gasteiger partial charge in [-0.2, -0.15) is 0 Å². The second-order valence-electron chi connectivity index (χ2n) is 4.18. The van der Waals surface area contributed by atoms with Crippen molar-refractivity contribution in [1.82, 2.24) is 4.90 Å². The lowest BCUT2D eigenvalue weighted by atomic mass is 10.1. The molecule has 0 unspecified atom stereocenters. The van der Waals surface area contributed by atoms with E-state index in [2.05, 4.69) is 0 Å². The number of nitrogens with zero attached hydrogens (tertiary/aromatic N) is 1. The summed E-state index contributed by atoms with van der Waals surface area (Å²) in [5, 5.41) is 0. The van der Waals surface area contributed by atoms with E-state index >= 15 is 0 Å². The van der Waals surface area contributed by atoms with Crippen LogP contribution in [0.15, 0.2) is 18.2 Å². The van der Waals surface area contributed by atoms with Gasteiger partial charge < -0.3 is 20.1 Å². The van der Waals surface area contributed by atoms with Crippen LogP contribution < -0.4 is 10.5 Å². The molecule has 1 heterocycles. The van der Waals surface area contributed by atoms with Crippen LogP contribution in [-0.2, 0) is 4.74 Å². The van der Waals surface area contributed by atoms with Gasteiger partial charge in [-0.15, -0.1) is 0 Å². The number of anilines is 1. The van der Waals surface area contributed by atoms with Crippen molar-refractivity contribution in [2.75, 3.05) is 39.1 Å². The third-order valence-electron chi connectivity index (χ3n) is 3.00. The number of ether oxygens (including phenoxy) is 2. The summed E-state index contributed by atoms with van der Waals surface area (Å²) in [5.74, 6) is 0.431. The summed E-state index contributed by atoms with van der Waals surface area (Å²) >= 11 is 0. The Balaban J connectivity index is 2.27. The molecule has 5 heteroatoms. The fraction of sp³-hybridized carbons (Fsp3) is 0.462. The number of nitrogens with two attached hydrogens (primary N) is 1. The van der Waals surface area contributed by atoms with Gasteiger partial charge >= 0.3 is 0 Å². The lowest BCUT2D eigenvalue weighted by molar-refractivity contribution is 0.0739. The minimum absolute atomic E-state index is 0.0875. The molecule has 0 atom stereocenters. The van der Waals surface area contributed by atoms with Gasteiger partial charge in [0.1, 0.15) is 11.3 Å². The van der Waals surface area contributed by atoms with Gasteiger partial charge in [0.2, 0.25) is 0 Å². The third kappa shape index (κ3) is 2.56. The molecule has 5 nitrogen and oxygen atoms in total. The molecular formula is C13H18N2O3. The maximum absolute atomic E-state index is 12.5. The monoisotopic (exact) mass is 250 g/mol. The number of carbonyl (C=O) groups excluding carboxylic acids is 1. The number of nitrogen functional groups attached to an aromatic ring is 1. The zero-order valence-corrected chi connectivity index (χ0v) is 10.5. The van der Waals surface area contributed by atoms with Gasteiger partial charge in [-0.05, 0) is 18.6 Å². The maximum atomic E-state index is 12.5. The van der Waals surface area contributed by atoms with Gasteiger partial charge in [-0.1, -0.05) is 6.07 Å². The molecule has 18 heavy (non-hydrogen) atoms. The third-order valence-corrected chi connectivity index (χ3v) is 3.00. The van der Waals surface area contributed by atoms with Gasteiger partial charge in [0.15, 0.2) is 0 Å². The Morgan fingerprint density at radius 1 is 1.39 bits per heavy atom. The number of hydrogen-bond acceptors (Lipinski definition) is 4. The fourth-order valence-electron chi connectivity index (χ4n) is 2.05. The molecule has 1 amide bonds. The molecule has 0 aliphatic carbocycles. The number of hydrogen-bond donors (Lipinski definition) is 1. The van der Waals surface area contributed by atoms with Gasteiger partial charge in [0.05, 0.1) is 13.7 Å². The maximum Gasteiger partial charge on any atom is 0.259 e. The molecule has 0 aromatic heterocycles. The van der Waals surface area contributed by atoms with E-state index in [1.54, 1.807) is 23.1 Å². The van der Waals surface area contributed by atoms with Crippen molar-refractivity contribution in [2.24, 2.45) is 0 Å². The Bertz CT molecular complexity index is 426. The van der Waals surface area contributed by atoms with E-state index in [1.165, 1.54) is 7.11 Å². The van der Waals surface area contributed by atoms with Gasteiger partial charge in [0.25, 0.3) is 5.91 Å². The topological polar surface area (TPSA) is 64.8 Å². The average molecular weight is 250 g/mol. The molecular weight excluding hydrogens is 232 g/mol. The van der Waals surface area contributed by atoms with Crippen LogP contribution in [0.1, 0.15) is 16.8 Å². The fourth-order valence-corrected chi connectivity index (χ4v) is 2.05. The molecule has 1 aromatic rings. The summed E-state index contributed by atoms with van der Waals surface area (Å²) < 4.78 is 10.6. The van der Waals surface area contributed by atoms with Crippen LogP contribution >= 0.6 is 0 Å². The van der Waals surface area contributed by atoms with Crippen molar-refractivity contribution in [2.45, 2.75) is 6.42 Å². The normalized spacial score (nSPS) is 16.2. The molecule has 1 fully saturated rings. The Labute approximate surface area is 106 Å². The lowest BCUT2D eigenvalue weighted by Crippen LogP contribution is -2.33. The van der Waals surface area contributed by atoms with Crippen molar-refractivity contribution >= 4 is 11.6 Å². The first-order valence-electron chi connectivity index (χ1n) is 6.03. The van der Waals surface area contributed by atoms with Crippen LogP contribution in [-0.4, -0.2) is 44.2 Å². The molecule has 0 saturated carbocycles. The summed E-state index contributed by atoms with van der Waals surface area (Å²) in [4.78, 5) is 14.2. The summed E-state index contributed by atoms with van der Waals surface area (Å²) in [6.45, 7) is 2.55. The van der Waals surface area contributed by atoms with E-state index < -0.39 is 0 Å². The summed E-state index contributed by atoms with van der Waals surface area (Å²) in [5.41, 5.74) is 6.78. The summed E-state index contributed by atoms with van der Waals surface area (Å²) in [6.07, 6.45) is 0.848. The van der Waals surface area contributed by atoms with Crippen molar-refractivity contribution in [1.29, 1.82) is 0 Å². The van der Waals surface area contributed by atoms with Crippen molar-refractivity contribution in [3.8, 4) is 5.75 Å². The van der Waals surface area contributed by atoms with E-state index in [1.807, 2.05) is 0 Å². The molecule has 1 aliphatic heterocycles. The van der Waals surface area contributed by atoms with Crippen LogP contribution in [0, 0.1) is 0 Å². The SMILES string of the molecule is COc1cccc(N)c1C(=O)N1CCCOCC1. The highest BCUT2D eigenvalue weighted by atomic mass is 16.5. The van der Waals surface area contributed by atoms with Crippen LogP contribution in [0.3, 0.4) is 0 Å². The van der Waals surface area contributed by atoms with Gasteiger partial charge in [-0.25, -0.2) is 0 Å². The van der Waals surface area contributed by atoms with Gasteiger partial charge in [0, 0.05) is 25.4 Å². The number of benzene rings is 1. The Kier molecular flexibility index (Phi) is 4.04. The van der Waals surface area contributed by atoms with E-state index in [0.29, 0.717) is 43.3 Å². The number of carbonyl (C=O) groups is 1. The van der Waals surface area contributed by atoms with Crippen LogP contribution in [0.4, 0.5) is 5.69 Å². The van der Waals surface area contributed by atoms with Crippen LogP contribution in [0.25, 0.3) is 0 Å². The highest BCUT2D eigenvalue weighted by Gasteiger charge is 2.22. The largest absolute Gasteiger partial charge is 0.496 e. The van der Waals surface area contributed by atoms with Crippen molar-refractivity contribution < 1.29 is 14.3 Å². The number of methoxy groups -OCH3 is 1. The van der Waals surface area contributed by atoms with E-state index in [4.69, 9.17) is 15.2 Å². The summed E-state index contributed by atoms with van der Waals surface area (Å²) in [6, 6.07) is 5.23. The minimum Gasteiger partial charge on any atom is -0.496 e. The first-order valence-corrected chi connectivity index (χ1v) is 6.03. The first kappa shape index (κ1) is 12.7. The molecule has 0 spiro atoms. The predicted octanol–water partition coefficient (Wildman–Crippen LogP) is 1.14. The quantitative estimate of drug-likeness (QED) is 0.799. The van der Waals surface area contributed by atoms with E-state index in [-0.39, 0.29) is 5.91 Å². The second-order valence-corrected chi connectivity index (χ2v) is 4.18. The molecule has 2 rings (SSSR count). The molecule has 0 radical (unpaired) electrons. The van der Waals surface area contributed by atoms with Crippen LogP contribution in [0.5, 0.6) is 5.75 Å². The van der Waals surface area contributed by atoms with Crippen molar-refractivity contribution in [3.63, 3.8) is 0 Å². The van der Waals surface area contributed by atoms with E-state index in [0.717, 1.165) is 6.42 Å². The molecule has 0 bridgehead atoms. The zero-order chi connectivity index (χ0) is 13.0. The standard InChI is InChI=1S/C13H18N2O3/c1-17-11-5-2-4-10(14)12(11)13(16)15-6-3-8-18-9-7-15/h2,4-5H,3,6-9,14H2,1H3. The average Bonchev–Trinajstić information content (AvgIpc) is 2.66. The zero-order valence-electron chi connectivity index (χ0n) is 10.5. The van der Waals surface area contributed by atoms with Crippen LogP contribution in [0.2, 0.25) is 0 Å². The molecule has 98 valence electrons. The Hall–Kier alpha value is -1.75.